The maximum Gasteiger partial charge on any atom is 0.331 e. The molecule has 1 aromatic heterocycles. The highest BCUT2D eigenvalue weighted by atomic mass is 16.4. The Labute approximate surface area is 123 Å². The predicted molar refractivity (Wildman–Crippen MR) is 76.6 cm³/mol. The minimum absolute atomic E-state index is 0.237. The Morgan fingerprint density at radius 2 is 2.38 bits per heavy atom. The number of nitrogens with zero attached hydrogens (tertiary/aromatic N) is 2. The van der Waals surface area contributed by atoms with E-state index < -0.39 is 12.0 Å². The Morgan fingerprint density at radius 3 is 2.95 bits per heavy atom. The van der Waals surface area contributed by atoms with Gasteiger partial charge in [-0.15, -0.1) is 0 Å². The number of rotatable bonds is 6. The summed E-state index contributed by atoms with van der Waals surface area (Å²) in [7, 11) is 1.71. The number of aryl methyl sites for hydroxylation is 1. The first-order chi connectivity index (χ1) is 10.1. The Kier molecular flexibility index (Phi) is 5.32. The third-order valence-corrected chi connectivity index (χ3v) is 3.74. The van der Waals surface area contributed by atoms with Crippen molar-refractivity contribution in [2.75, 3.05) is 6.54 Å². The summed E-state index contributed by atoms with van der Waals surface area (Å²) in [4.78, 5) is 23.2. The molecule has 2 unspecified atom stereocenters. The van der Waals surface area contributed by atoms with E-state index in [1.54, 1.807) is 13.2 Å². The van der Waals surface area contributed by atoms with E-state index in [0.717, 1.165) is 19.4 Å². The molecule has 1 amide bonds. The van der Waals surface area contributed by atoms with Crippen LogP contribution < -0.4 is 10.6 Å². The number of aromatic nitrogens is 2. The van der Waals surface area contributed by atoms with Crippen LogP contribution >= 0.6 is 0 Å². The molecule has 0 spiro atoms. The van der Waals surface area contributed by atoms with Gasteiger partial charge in [0.2, 0.25) is 5.91 Å². The molecule has 116 valence electrons. The molecule has 21 heavy (non-hydrogen) atoms. The molecule has 0 bridgehead atoms. The van der Waals surface area contributed by atoms with Crippen LogP contribution in [-0.2, 0) is 16.6 Å². The second-order valence-corrected chi connectivity index (χ2v) is 5.47. The van der Waals surface area contributed by atoms with Gasteiger partial charge >= 0.3 is 5.97 Å². The van der Waals surface area contributed by atoms with E-state index in [9.17, 15) is 14.7 Å². The van der Waals surface area contributed by atoms with E-state index in [1.807, 2.05) is 0 Å². The zero-order valence-electron chi connectivity index (χ0n) is 12.2. The smallest absolute Gasteiger partial charge is 0.331 e. The zero-order chi connectivity index (χ0) is 15.2. The van der Waals surface area contributed by atoms with Crippen molar-refractivity contribution in [3.8, 4) is 0 Å². The average molecular weight is 294 g/mol. The molecule has 1 fully saturated rings. The maximum atomic E-state index is 12.0. The van der Waals surface area contributed by atoms with Gasteiger partial charge in [-0.3, -0.25) is 9.48 Å². The topological polar surface area (TPSA) is 96.2 Å². The number of carboxylic acid groups (broad SMARTS) is 1. The number of piperidine rings is 1. The lowest BCUT2D eigenvalue weighted by atomic mass is 10.0. The summed E-state index contributed by atoms with van der Waals surface area (Å²) >= 11 is 0. The van der Waals surface area contributed by atoms with Gasteiger partial charge in [0.15, 0.2) is 6.04 Å². The molecule has 0 aliphatic carbocycles. The Balaban J connectivity index is 1.85. The third-order valence-electron chi connectivity index (χ3n) is 3.74. The van der Waals surface area contributed by atoms with E-state index in [0.29, 0.717) is 18.0 Å². The minimum atomic E-state index is -1.08. The summed E-state index contributed by atoms with van der Waals surface area (Å²) in [5.41, 5.74) is 0.481. The number of aliphatic carboxylic acids is 1. The van der Waals surface area contributed by atoms with Gasteiger partial charge in [0.25, 0.3) is 0 Å². The van der Waals surface area contributed by atoms with Crippen LogP contribution in [-0.4, -0.2) is 39.4 Å². The molecule has 1 aliphatic rings. The standard InChI is InChI=1S/C14H22N4O3/c1-18-9-10(8-16-18)13(14(20)21)17-12(19)6-5-11-4-2-3-7-15-11/h8-9,11,13,15H,2-7H2,1H3,(H,17,19)(H,20,21). The Morgan fingerprint density at radius 1 is 1.57 bits per heavy atom. The van der Waals surface area contributed by atoms with Crippen LogP contribution in [0.25, 0.3) is 0 Å². The molecular formula is C14H22N4O3. The normalized spacial score (nSPS) is 20.0. The molecule has 0 saturated carbocycles. The molecule has 0 radical (unpaired) electrons. The summed E-state index contributed by atoms with van der Waals surface area (Å²) in [5.74, 6) is -1.31. The molecule has 2 rings (SSSR count). The first kappa shape index (κ1) is 15.5. The second-order valence-electron chi connectivity index (χ2n) is 5.47. The highest BCUT2D eigenvalue weighted by Crippen LogP contribution is 2.14. The second kappa shape index (κ2) is 7.21. The number of carbonyl (C=O) groups excluding carboxylic acids is 1. The number of hydrogen-bond donors (Lipinski definition) is 3. The van der Waals surface area contributed by atoms with Gasteiger partial charge < -0.3 is 15.7 Å². The van der Waals surface area contributed by atoms with E-state index >= 15 is 0 Å². The lowest BCUT2D eigenvalue weighted by Gasteiger charge is -2.23. The fourth-order valence-electron chi connectivity index (χ4n) is 2.59. The van der Waals surface area contributed by atoms with E-state index in [1.165, 1.54) is 23.7 Å². The number of carboxylic acids is 1. The number of nitrogens with one attached hydrogen (secondary N) is 2. The van der Waals surface area contributed by atoms with Gasteiger partial charge in [-0.25, -0.2) is 4.79 Å². The zero-order valence-corrected chi connectivity index (χ0v) is 12.2. The van der Waals surface area contributed by atoms with Gasteiger partial charge in [-0.1, -0.05) is 6.42 Å². The first-order valence-corrected chi connectivity index (χ1v) is 7.30. The molecule has 7 heteroatoms. The summed E-state index contributed by atoms with van der Waals surface area (Å²) in [6.07, 6.45) is 7.59. The predicted octanol–water partition coefficient (Wildman–Crippen LogP) is 0.584. The number of amides is 1. The summed E-state index contributed by atoms with van der Waals surface area (Å²) < 4.78 is 1.52. The van der Waals surface area contributed by atoms with Crippen LogP contribution in [0.4, 0.5) is 0 Å². The minimum Gasteiger partial charge on any atom is -0.479 e. The number of hydrogen-bond acceptors (Lipinski definition) is 4. The molecule has 1 aliphatic heterocycles. The monoisotopic (exact) mass is 294 g/mol. The van der Waals surface area contributed by atoms with Crippen molar-refractivity contribution in [3.05, 3.63) is 18.0 Å². The van der Waals surface area contributed by atoms with E-state index in [2.05, 4.69) is 15.7 Å². The van der Waals surface area contributed by atoms with Gasteiger partial charge in [-0.2, -0.15) is 5.10 Å². The maximum absolute atomic E-state index is 12.0. The lowest BCUT2D eigenvalue weighted by molar-refractivity contribution is -0.142. The van der Waals surface area contributed by atoms with Gasteiger partial charge in [0.05, 0.1) is 6.20 Å². The average Bonchev–Trinajstić information content (AvgIpc) is 2.89. The SMILES string of the molecule is Cn1cc(C(NC(=O)CCC2CCCCN2)C(=O)O)cn1. The fourth-order valence-corrected chi connectivity index (χ4v) is 2.59. The molecule has 2 atom stereocenters. The van der Waals surface area contributed by atoms with Crippen LogP contribution in [0.15, 0.2) is 12.4 Å². The van der Waals surface area contributed by atoms with Crippen molar-refractivity contribution < 1.29 is 14.7 Å². The van der Waals surface area contributed by atoms with Crippen LogP contribution in [0.5, 0.6) is 0 Å². The molecule has 0 aromatic carbocycles. The molecule has 2 heterocycles. The van der Waals surface area contributed by atoms with Gasteiger partial charge in [0.1, 0.15) is 0 Å². The fraction of sp³-hybridized carbons (Fsp3) is 0.643. The molecule has 7 nitrogen and oxygen atoms in total. The van der Waals surface area contributed by atoms with E-state index in [4.69, 9.17) is 0 Å². The highest BCUT2D eigenvalue weighted by molar-refractivity contribution is 5.84. The molecule has 3 N–H and O–H groups in total. The van der Waals surface area contributed by atoms with Crippen molar-refractivity contribution in [2.45, 2.75) is 44.2 Å². The lowest BCUT2D eigenvalue weighted by Crippen LogP contribution is -2.37. The van der Waals surface area contributed by atoms with Crippen molar-refractivity contribution >= 4 is 11.9 Å². The first-order valence-electron chi connectivity index (χ1n) is 7.30. The van der Waals surface area contributed by atoms with Gasteiger partial charge in [-0.05, 0) is 25.8 Å². The third kappa shape index (κ3) is 4.56. The number of carbonyl (C=O) groups is 2. The summed E-state index contributed by atoms with van der Waals surface area (Å²) in [5, 5.41) is 19.1. The van der Waals surface area contributed by atoms with Crippen molar-refractivity contribution in [2.24, 2.45) is 7.05 Å². The summed E-state index contributed by atoms with van der Waals surface area (Å²) in [6, 6.07) is -0.670. The van der Waals surface area contributed by atoms with Crippen molar-refractivity contribution in [1.29, 1.82) is 0 Å². The Hall–Kier alpha value is -1.89. The van der Waals surface area contributed by atoms with Crippen molar-refractivity contribution in [1.82, 2.24) is 20.4 Å². The van der Waals surface area contributed by atoms with Crippen LogP contribution in [0.2, 0.25) is 0 Å². The van der Waals surface area contributed by atoms with Crippen LogP contribution in [0.3, 0.4) is 0 Å². The summed E-state index contributed by atoms with van der Waals surface area (Å²) in [6.45, 7) is 1.000. The molecule has 1 saturated heterocycles. The quantitative estimate of drug-likeness (QED) is 0.713. The Bertz CT molecular complexity index is 494. The molecular weight excluding hydrogens is 272 g/mol. The molecule has 1 aromatic rings. The highest BCUT2D eigenvalue weighted by Gasteiger charge is 2.24. The largest absolute Gasteiger partial charge is 0.479 e. The van der Waals surface area contributed by atoms with Crippen molar-refractivity contribution in [3.63, 3.8) is 0 Å². The van der Waals surface area contributed by atoms with Crippen LogP contribution in [0, 0.1) is 0 Å². The van der Waals surface area contributed by atoms with Gasteiger partial charge in [0, 0.05) is 31.3 Å². The van der Waals surface area contributed by atoms with E-state index in [-0.39, 0.29) is 5.91 Å². The van der Waals surface area contributed by atoms with Crippen LogP contribution in [0.1, 0.15) is 43.7 Å².